The number of rotatable bonds is 11. The Labute approximate surface area is 213 Å². The molecule has 0 unspecified atom stereocenters. The number of hydrogen-bond donors (Lipinski definition) is 2. The summed E-state index contributed by atoms with van der Waals surface area (Å²) in [4.78, 5) is 26.1. The molecule has 2 N–H and O–H groups in total. The molecule has 4 rings (SSSR count). The molecule has 2 aromatic rings. The molecule has 36 heavy (non-hydrogen) atoms. The molecule has 2 saturated heterocycles. The quantitative estimate of drug-likeness (QED) is 0.454. The molecule has 2 aliphatic heterocycles. The van der Waals surface area contributed by atoms with Crippen LogP contribution in [0, 0.1) is 11.3 Å². The number of fused-ring (bicyclic) bond motifs is 1. The molecule has 10 heteroatoms. The van der Waals surface area contributed by atoms with Gasteiger partial charge in [-0.25, -0.2) is 9.97 Å². The van der Waals surface area contributed by atoms with Crippen molar-refractivity contribution < 1.29 is 14.3 Å². The van der Waals surface area contributed by atoms with Crippen LogP contribution in [0.15, 0.2) is 12.1 Å². The Morgan fingerprint density at radius 3 is 2.67 bits per heavy atom. The van der Waals surface area contributed by atoms with E-state index in [1.807, 2.05) is 18.2 Å². The molecule has 1 aromatic carbocycles. The first-order chi connectivity index (χ1) is 17.6. The SMILES string of the molecule is COc1cc2c(NC3CCN(C)CC3)nc(CNC(=O)CC#N)nc2cc1OCCCN1CCCC1. The van der Waals surface area contributed by atoms with Gasteiger partial charge in [-0.15, -0.1) is 0 Å². The molecule has 1 amide bonds. The van der Waals surface area contributed by atoms with Crippen LogP contribution < -0.4 is 20.1 Å². The minimum Gasteiger partial charge on any atom is -0.493 e. The monoisotopic (exact) mass is 495 g/mol. The maximum atomic E-state index is 11.8. The lowest BCUT2D eigenvalue weighted by Crippen LogP contribution is -2.37. The van der Waals surface area contributed by atoms with Crippen molar-refractivity contribution in [3.8, 4) is 17.6 Å². The molecule has 2 fully saturated rings. The molecule has 0 bridgehead atoms. The summed E-state index contributed by atoms with van der Waals surface area (Å²) in [7, 11) is 3.78. The fourth-order valence-electron chi connectivity index (χ4n) is 4.78. The minimum atomic E-state index is -0.345. The van der Waals surface area contributed by atoms with Gasteiger partial charge in [0.05, 0.1) is 31.8 Å². The molecule has 2 aliphatic rings. The van der Waals surface area contributed by atoms with Crippen molar-refractivity contribution in [3.05, 3.63) is 18.0 Å². The maximum Gasteiger partial charge on any atom is 0.234 e. The van der Waals surface area contributed by atoms with Crippen molar-refractivity contribution in [2.75, 3.05) is 58.8 Å². The summed E-state index contributed by atoms with van der Waals surface area (Å²) < 4.78 is 11.8. The fraction of sp³-hybridized carbons (Fsp3) is 0.615. The van der Waals surface area contributed by atoms with Gasteiger partial charge in [0, 0.05) is 24.0 Å². The summed E-state index contributed by atoms with van der Waals surface area (Å²) in [6.07, 6.45) is 5.36. The zero-order chi connectivity index (χ0) is 25.3. The average Bonchev–Trinajstić information content (AvgIpc) is 3.40. The lowest BCUT2D eigenvalue weighted by Gasteiger charge is -2.30. The second-order valence-corrected chi connectivity index (χ2v) is 9.59. The molecule has 3 heterocycles. The van der Waals surface area contributed by atoms with Gasteiger partial charge < -0.3 is 29.9 Å². The Kier molecular flexibility index (Phi) is 9.14. The van der Waals surface area contributed by atoms with Crippen molar-refractivity contribution in [1.82, 2.24) is 25.1 Å². The molecule has 10 nitrogen and oxygen atoms in total. The van der Waals surface area contributed by atoms with E-state index in [1.54, 1.807) is 7.11 Å². The smallest absolute Gasteiger partial charge is 0.234 e. The van der Waals surface area contributed by atoms with E-state index < -0.39 is 0 Å². The van der Waals surface area contributed by atoms with Gasteiger partial charge in [-0.1, -0.05) is 0 Å². The Bertz CT molecular complexity index is 1070. The van der Waals surface area contributed by atoms with E-state index in [9.17, 15) is 4.79 Å². The number of methoxy groups -OCH3 is 1. The van der Waals surface area contributed by atoms with E-state index in [4.69, 9.17) is 24.7 Å². The van der Waals surface area contributed by atoms with E-state index in [0.29, 0.717) is 30.0 Å². The van der Waals surface area contributed by atoms with Crippen LogP contribution in [0.1, 0.15) is 44.3 Å². The standard InChI is InChI=1S/C26H37N7O3/c1-32-13-7-19(8-14-32)29-26-20-16-22(35-2)23(36-15-5-12-33-10-3-4-11-33)17-21(20)30-24(31-26)18-28-25(34)6-9-27/h16-17,19H,3-8,10-15,18H2,1-2H3,(H,28,34)(H,29,30,31). The highest BCUT2D eigenvalue weighted by Gasteiger charge is 2.20. The van der Waals surface area contributed by atoms with Crippen molar-refractivity contribution in [2.24, 2.45) is 0 Å². The van der Waals surface area contributed by atoms with Gasteiger partial charge in [0.15, 0.2) is 17.3 Å². The molecule has 0 spiro atoms. The number of carbonyl (C=O) groups excluding carboxylic acids is 1. The number of likely N-dealkylation sites (tertiary alicyclic amines) is 2. The lowest BCUT2D eigenvalue weighted by atomic mass is 10.1. The Balaban J connectivity index is 1.55. The summed E-state index contributed by atoms with van der Waals surface area (Å²) in [5, 5.41) is 15.9. The number of aromatic nitrogens is 2. The Hall–Kier alpha value is -3.16. The van der Waals surface area contributed by atoms with E-state index in [-0.39, 0.29) is 18.9 Å². The summed E-state index contributed by atoms with van der Waals surface area (Å²) in [5.41, 5.74) is 0.723. The van der Waals surface area contributed by atoms with Gasteiger partial charge >= 0.3 is 0 Å². The number of ether oxygens (including phenoxy) is 2. The maximum absolute atomic E-state index is 11.8. The van der Waals surface area contributed by atoms with E-state index in [1.165, 1.54) is 25.9 Å². The third-order valence-electron chi connectivity index (χ3n) is 6.85. The highest BCUT2D eigenvalue weighted by Crippen LogP contribution is 2.35. The zero-order valence-electron chi connectivity index (χ0n) is 21.4. The molecular formula is C26H37N7O3. The van der Waals surface area contributed by atoms with Gasteiger partial charge in [-0.2, -0.15) is 5.26 Å². The third kappa shape index (κ3) is 6.95. The average molecular weight is 496 g/mol. The van der Waals surface area contributed by atoms with Crippen molar-refractivity contribution in [3.63, 3.8) is 0 Å². The largest absolute Gasteiger partial charge is 0.493 e. The normalized spacial score (nSPS) is 17.1. The van der Waals surface area contributed by atoms with E-state index >= 15 is 0 Å². The van der Waals surface area contributed by atoms with Crippen LogP contribution in [-0.2, 0) is 11.3 Å². The van der Waals surface area contributed by atoms with E-state index in [0.717, 1.165) is 55.6 Å². The number of nitrogens with zero attached hydrogens (tertiary/aromatic N) is 5. The van der Waals surface area contributed by atoms with E-state index in [2.05, 4.69) is 27.5 Å². The molecule has 194 valence electrons. The molecule has 0 aliphatic carbocycles. The van der Waals surface area contributed by atoms with Crippen LogP contribution in [0.2, 0.25) is 0 Å². The Morgan fingerprint density at radius 1 is 1.17 bits per heavy atom. The number of benzene rings is 1. The number of piperidine rings is 1. The lowest BCUT2D eigenvalue weighted by molar-refractivity contribution is -0.120. The van der Waals surface area contributed by atoms with Crippen LogP contribution in [0.4, 0.5) is 5.82 Å². The number of carbonyl (C=O) groups is 1. The summed E-state index contributed by atoms with van der Waals surface area (Å²) in [5.74, 6) is 2.15. The number of hydrogen-bond acceptors (Lipinski definition) is 9. The minimum absolute atomic E-state index is 0.149. The van der Waals surface area contributed by atoms with Gasteiger partial charge in [0.25, 0.3) is 0 Å². The predicted octanol–water partition coefficient (Wildman–Crippen LogP) is 2.54. The highest BCUT2D eigenvalue weighted by molar-refractivity contribution is 5.92. The summed E-state index contributed by atoms with van der Waals surface area (Å²) >= 11 is 0. The van der Waals surface area contributed by atoms with Gasteiger partial charge in [-0.05, 0) is 71.4 Å². The number of anilines is 1. The first-order valence-corrected chi connectivity index (χ1v) is 12.9. The first kappa shape index (κ1) is 25.9. The van der Waals surface area contributed by atoms with Crippen molar-refractivity contribution in [1.29, 1.82) is 5.26 Å². The summed E-state index contributed by atoms with van der Waals surface area (Å²) in [6.45, 7) is 6.19. The molecule has 0 saturated carbocycles. The van der Waals surface area contributed by atoms with Crippen LogP contribution in [-0.4, -0.2) is 85.2 Å². The second-order valence-electron chi connectivity index (χ2n) is 9.59. The molecule has 0 atom stereocenters. The zero-order valence-corrected chi connectivity index (χ0v) is 21.4. The van der Waals surface area contributed by atoms with Crippen LogP contribution in [0.5, 0.6) is 11.5 Å². The second kappa shape index (κ2) is 12.7. The highest BCUT2D eigenvalue weighted by atomic mass is 16.5. The predicted molar refractivity (Wildman–Crippen MR) is 138 cm³/mol. The number of nitriles is 1. The molecule has 0 radical (unpaired) electrons. The first-order valence-electron chi connectivity index (χ1n) is 12.9. The topological polar surface area (TPSA) is 116 Å². The van der Waals surface area contributed by atoms with Crippen molar-refractivity contribution in [2.45, 2.75) is 51.1 Å². The van der Waals surface area contributed by atoms with Crippen LogP contribution in [0.3, 0.4) is 0 Å². The third-order valence-corrected chi connectivity index (χ3v) is 6.85. The molecular weight excluding hydrogens is 458 g/mol. The summed E-state index contributed by atoms with van der Waals surface area (Å²) in [6, 6.07) is 5.99. The van der Waals surface area contributed by atoms with Crippen LogP contribution >= 0.6 is 0 Å². The van der Waals surface area contributed by atoms with Gasteiger partial charge in [-0.3, -0.25) is 4.79 Å². The number of amides is 1. The molecule has 1 aromatic heterocycles. The van der Waals surface area contributed by atoms with Crippen LogP contribution in [0.25, 0.3) is 10.9 Å². The Morgan fingerprint density at radius 2 is 1.94 bits per heavy atom. The van der Waals surface area contributed by atoms with Crippen molar-refractivity contribution >= 4 is 22.6 Å². The van der Waals surface area contributed by atoms with Gasteiger partial charge in [0.2, 0.25) is 5.91 Å². The van der Waals surface area contributed by atoms with Gasteiger partial charge in [0.1, 0.15) is 12.2 Å². The fourth-order valence-corrected chi connectivity index (χ4v) is 4.78. The number of nitrogens with one attached hydrogen (secondary N) is 2.